The molecule has 5 rings (SSSR count). The minimum atomic E-state index is -0.643. The van der Waals surface area contributed by atoms with Crippen LogP contribution in [0.4, 0.5) is 25.4 Å². The number of halogens is 2. The van der Waals surface area contributed by atoms with Crippen LogP contribution >= 0.6 is 11.6 Å². The van der Waals surface area contributed by atoms with Gasteiger partial charge < -0.3 is 25.3 Å². The Bertz CT molecular complexity index is 1480. The number of methoxy groups -OCH3 is 1. The third-order valence-electron chi connectivity index (χ3n) is 6.77. The Kier molecular flexibility index (Phi) is 7.96. The first-order valence-electron chi connectivity index (χ1n) is 12.7. The largest absolute Gasteiger partial charge is 0.453 e. The number of allylic oxidation sites excluding steroid dienone is 1. The quantitative estimate of drug-likeness (QED) is 0.316. The van der Waals surface area contributed by atoms with Gasteiger partial charge in [0.25, 0.3) is 0 Å². The summed E-state index contributed by atoms with van der Waals surface area (Å²) in [4.78, 5) is 51.3. The van der Waals surface area contributed by atoms with E-state index in [1.54, 1.807) is 29.3 Å². The van der Waals surface area contributed by atoms with E-state index >= 15 is 0 Å². The Morgan fingerprint density at radius 1 is 1.25 bits per heavy atom. The number of amides is 4. The minimum absolute atomic E-state index is 0.0494. The van der Waals surface area contributed by atoms with Gasteiger partial charge in [-0.1, -0.05) is 23.8 Å². The number of nitrogens with one attached hydrogen (secondary N) is 4. The first-order chi connectivity index (χ1) is 19.3. The van der Waals surface area contributed by atoms with Crippen LogP contribution in [0.3, 0.4) is 0 Å². The molecule has 208 valence electrons. The third-order valence-corrected chi connectivity index (χ3v) is 7.06. The van der Waals surface area contributed by atoms with Crippen LogP contribution < -0.4 is 16.0 Å². The molecule has 2 bridgehead atoms. The van der Waals surface area contributed by atoms with Crippen molar-refractivity contribution in [3.63, 3.8) is 0 Å². The molecule has 4 N–H and O–H groups in total. The van der Waals surface area contributed by atoms with Gasteiger partial charge in [0, 0.05) is 36.6 Å². The van der Waals surface area contributed by atoms with Crippen molar-refractivity contribution in [2.24, 2.45) is 0 Å². The van der Waals surface area contributed by atoms with Gasteiger partial charge in [-0.15, -0.1) is 0 Å². The molecule has 0 unspecified atom stereocenters. The lowest BCUT2D eigenvalue weighted by Crippen LogP contribution is -2.49. The van der Waals surface area contributed by atoms with Gasteiger partial charge >= 0.3 is 12.1 Å². The number of aromatic amines is 1. The molecule has 40 heavy (non-hydrogen) atoms. The molecule has 3 aromatic rings. The van der Waals surface area contributed by atoms with E-state index in [4.69, 9.17) is 16.6 Å². The van der Waals surface area contributed by atoms with E-state index in [1.165, 1.54) is 19.4 Å². The predicted molar refractivity (Wildman–Crippen MR) is 146 cm³/mol. The van der Waals surface area contributed by atoms with Crippen LogP contribution in [0.15, 0.2) is 48.8 Å². The van der Waals surface area contributed by atoms with Crippen molar-refractivity contribution in [2.75, 3.05) is 24.3 Å². The molecule has 0 saturated carbocycles. The fourth-order valence-corrected chi connectivity index (χ4v) is 4.93. The number of H-pyrrole nitrogens is 1. The van der Waals surface area contributed by atoms with Crippen LogP contribution in [0.2, 0.25) is 5.02 Å². The average Bonchev–Trinajstić information content (AvgIpc) is 3.42. The van der Waals surface area contributed by atoms with E-state index in [0.29, 0.717) is 54.3 Å². The molecule has 2 atom stereocenters. The van der Waals surface area contributed by atoms with Gasteiger partial charge in [0.2, 0.25) is 5.91 Å². The highest BCUT2D eigenvalue weighted by molar-refractivity contribution is 6.30. The van der Waals surface area contributed by atoms with Crippen molar-refractivity contribution >= 4 is 41.0 Å². The number of carbonyl (C=O) groups excluding carboxylic acids is 3. The maximum absolute atomic E-state index is 14.6. The molecule has 4 heterocycles. The second-order valence-corrected chi connectivity index (χ2v) is 9.74. The van der Waals surface area contributed by atoms with E-state index < -0.39 is 24.0 Å². The number of nitrogens with zero attached hydrogens (tertiary/aromatic N) is 3. The number of aromatic nitrogens is 3. The van der Waals surface area contributed by atoms with Crippen molar-refractivity contribution in [3.05, 3.63) is 71.2 Å². The lowest BCUT2D eigenvalue weighted by Gasteiger charge is -2.37. The summed E-state index contributed by atoms with van der Waals surface area (Å²) in [5, 5.41) is 8.30. The maximum Gasteiger partial charge on any atom is 0.411 e. The second-order valence-electron chi connectivity index (χ2n) is 9.33. The smallest absolute Gasteiger partial charge is 0.411 e. The molecule has 2 aliphatic rings. The molecule has 1 fully saturated rings. The van der Waals surface area contributed by atoms with Crippen molar-refractivity contribution in [3.8, 4) is 11.3 Å². The van der Waals surface area contributed by atoms with Gasteiger partial charge in [-0.05, 0) is 43.5 Å². The van der Waals surface area contributed by atoms with E-state index in [2.05, 4.69) is 30.7 Å². The van der Waals surface area contributed by atoms with Gasteiger partial charge in [-0.2, -0.15) is 0 Å². The first-order valence-corrected chi connectivity index (χ1v) is 13.1. The van der Waals surface area contributed by atoms with Crippen LogP contribution in [0.5, 0.6) is 0 Å². The first kappa shape index (κ1) is 27.1. The standard InChI is InChI=1S/C27H27ClFN7O4/c1-40-27(39)32-15-7-8-16-19(13-15)33-22(37)6-4-2-3-5-21(25-31-14-20(16)34-25)36-12-10-18(35-26(36)38)24-23(29)17(28)9-11-30-24/h2-3,7-9,11,13-14,18,21H,4-6,10,12H2,1H3,(H,31,34)(H,32,39)(H,33,37)(H,35,38)/b3-2+/t18-,21+/m1/s1. The van der Waals surface area contributed by atoms with Crippen LogP contribution in [0.1, 0.15) is 49.3 Å². The number of fused-ring (bicyclic) bond motifs is 4. The highest BCUT2D eigenvalue weighted by atomic mass is 35.5. The zero-order valence-electron chi connectivity index (χ0n) is 21.5. The number of rotatable bonds is 3. The molecule has 0 spiro atoms. The number of hydrogen-bond acceptors (Lipinski definition) is 6. The Hall–Kier alpha value is -4.45. The molecule has 1 saturated heterocycles. The van der Waals surface area contributed by atoms with Gasteiger partial charge in [0.1, 0.15) is 5.82 Å². The molecular weight excluding hydrogens is 541 g/mol. The minimum Gasteiger partial charge on any atom is -0.453 e. The number of pyridine rings is 1. The highest BCUT2D eigenvalue weighted by Crippen LogP contribution is 2.34. The predicted octanol–water partition coefficient (Wildman–Crippen LogP) is 5.32. The summed E-state index contributed by atoms with van der Waals surface area (Å²) >= 11 is 5.92. The summed E-state index contributed by atoms with van der Waals surface area (Å²) in [7, 11) is 1.26. The molecule has 1 aromatic carbocycles. The second kappa shape index (κ2) is 11.7. The van der Waals surface area contributed by atoms with Gasteiger partial charge in [-0.25, -0.2) is 19.0 Å². The molecule has 0 radical (unpaired) electrons. The Morgan fingerprint density at radius 3 is 2.90 bits per heavy atom. The number of anilines is 2. The van der Waals surface area contributed by atoms with E-state index in [-0.39, 0.29) is 29.1 Å². The Morgan fingerprint density at radius 2 is 2.10 bits per heavy atom. The molecule has 11 nitrogen and oxygen atoms in total. The average molecular weight is 568 g/mol. The summed E-state index contributed by atoms with van der Waals surface area (Å²) in [5.41, 5.74) is 2.18. The normalized spacial score (nSPS) is 20.1. The van der Waals surface area contributed by atoms with Crippen molar-refractivity contribution < 1.29 is 23.5 Å². The number of urea groups is 1. The summed E-state index contributed by atoms with van der Waals surface area (Å²) in [5.74, 6) is -0.292. The number of imidazole rings is 1. The van der Waals surface area contributed by atoms with Crippen molar-refractivity contribution in [1.29, 1.82) is 0 Å². The summed E-state index contributed by atoms with van der Waals surface area (Å²) < 4.78 is 19.2. The topological polar surface area (TPSA) is 141 Å². The fraction of sp³-hybridized carbons (Fsp3) is 0.296. The SMILES string of the molecule is COC(=O)Nc1ccc2c(c1)NC(=O)CC/C=C/C[C@H](N1CC[C@H](c3nccc(Cl)c3F)NC1=O)c1nc-2c[nH]1. The third kappa shape index (κ3) is 5.76. The van der Waals surface area contributed by atoms with Crippen LogP contribution in [0, 0.1) is 5.82 Å². The summed E-state index contributed by atoms with van der Waals surface area (Å²) in [6.45, 7) is 0.331. The summed E-state index contributed by atoms with van der Waals surface area (Å²) in [6.07, 6.45) is 7.88. The Labute approximate surface area is 234 Å². The zero-order chi connectivity index (χ0) is 28.2. The monoisotopic (exact) mass is 567 g/mol. The molecular formula is C27H27ClFN7O4. The summed E-state index contributed by atoms with van der Waals surface area (Å²) in [6, 6.07) is 4.96. The molecule has 13 heteroatoms. The number of benzene rings is 1. The lowest BCUT2D eigenvalue weighted by atomic mass is 10.0. The molecule has 4 amide bonds. The Balaban J connectivity index is 1.44. The highest BCUT2D eigenvalue weighted by Gasteiger charge is 2.34. The number of carbonyl (C=O) groups is 3. The maximum atomic E-state index is 14.6. The molecule has 2 aromatic heterocycles. The van der Waals surface area contributed by atoms with Gasteiger partial charge in [-0.3, -0.25) is 15.1 Å². The fourth-order valence-electron chi connectivity index (χ4n) is 4.77. The number of hydrogen-bond donors (Lipinski definition) is 4. The van der Waals surface area contributed by atoms with E-state index in [0.717, 1.165) is 0 Å². The van der Waals surface area contributed by atoms with Crippen molar-refractivity contribution in [1.82, 2.24) is 25.2 Å². The lowest BCUT2D eigenvalue weighted by molar-refractivity contribution is -0.116. The van der Waals surface area contributed by atoms with E-state index in [9.17, 15) is 18.8 Å². The molecule has 2 aliphatic heterocycles. The van der Waals surface area contributed by atoms with E-state index in [1.807, 2.05) is 12.2 Å². The van der Waals surface area contributed by atoms with Crippen LogP contribution in [-0.2, 0) is 9.53 Å². The van der Waals surface area contributed by atoms with Gasteiger partial charge in [0.15, 0.2) is 5.82 Å². The number of ether oxygens (including phenoxy) is 1. The van der Waals surface area contributed by atoms with Crippen molar-refractivity contribution in [2.45, 2.75) is 37.8 Å². The van der Waals surface area contributed by atoms with Crippen LogP contribution in [0.25, 0.3) is 11.3 Å². The van der Waals surface area contributed by atoms with Crippen LogP contribution in [-0.4, -0.2) is 51.5 Å². The van der Waals surface area contributed by atoms with Gasteiger partial charge in [0.05, 0.1) is 41.3 Å². The molecule has 0 aliphatic carbocycles. The zero-order valence-corrected chi connectivity index (χ0v) is 22.3.